The van der Waals surface area contributed by atoms with Crippen molar-refractivity contribution in [1.29, 1.82) is 0 Å². The van der Waals surface area contributed by atoms with Crippen molar-refractivity contribution < 1.29 is 18.7 Å². The number of hydrogen-bond acceptors (Lipinski definition) is 5. The third kappa shape index (κ3) is 3.78. The van der Waals surface area contributed by atoms with E-state index in [-0.39, 0.29) is 12.2 Å². The quantitative estimate of drug-likeness (QED) is 0.643. The molecule has 2 amide bonds. The lowest BCUT2D eigenvalue weighted by Crippen LogP contribution is -2.38. The van der Waals surface area contributed by atoms with Crippen LogP contribution in [0.4, 0.5) is 0 Å². The van der Waals surface area contributed by atoms with Gasteiger partial charge in [0.25, 0.3) is 5.91 Å². The average Bonchev–Trinajstić information content (AvgIpc) is 2.54. The molecule has 3 rings (SSSR count). The van der Waals surface area contributed by atoms with E-state index in [1.807, 2.05) is 30.3 Å². The monoisotopic (exact) mass is 327 g/mol. The molecule has 1 N–H and O–H groups in total. The Bertz CT molecular complexity index is 810. The van der Waals surface area contributed by atoms with Crippen LogP contribution in [0.3, 0.4) is 0 Å². The Morgan fingerprint density at radius 3 is 2.71 bits per heavy atom. The molecule has 0 saturated carbocycles. The molecule has 1 aliphatic heterocycles. The van der Waals surface area contributed by atoms with Crippen molar-refractivity contribution in [3.8, 4) is 0 Å². The number of rotatable bonds is 6. The fourth-order valence-corrected chi connectivity index (χ4v) is 2.70. The number of fused-ring (bicyclic) bond motifs is 1. The highest BCUT2D eigenvalue weighted by Crippen LogP contribution is 2.18. The summed E-state index contributed by atoms with van der Waals surface area (Å²) in [6.07, 6.45) is 1.07. The van der Waals surface area contributed by atoms with E-state index in [0.29, 0.717) is 37.2 Å². The highest BCUT2D eigenvalue weighted by molar-refractivity contribution is 6.09. The largest absolute Gasteiger partial charge is 0.426 e. The SMILES string of the molecule is O=C1Cc2oc(=O)cc(CCCOCc3ccccc3)c2C(=O)N1. The Kier molecular flexibility index (Phi) is 4.86. The fourth-order valence-electron chi connectivity index (χ4n) is 2.70. The van der Waals surface area contributed by atoms with Crippen LogP contribution in [0.15, 0.2) is 45.6 Å². The van der Waals surface area contributed by atoms with Crippen LogP contribution < -0.4 is 10.9 Å². The van der Waals surface area contributed by atoms with Crippen molar-refractivity contribution in [2.45, 2.75) is 25.9 Å². The highest BCUT2D eigenvalue weighted by atomic mass is 16.5. The molecular weight excluding hydrogens is 310 g/mol. The van der Waals surface area contributed by atoms with Crippen molar-refractivity contribution in [3.05, 3.63) is 69.3 Å². The molecule has 2 heterocycles. The van der Waals surface area contributed by atoms with Crippen LogP contribution in [-0.2, 0) is 29.0 Å². The first kappa shape index (κ1) is 16.1. The van der Waals surface area contributed by atoms with Crippen LogP contribution in [-0.4, -0.2) is 18.4 Å². The molecule has 24 heavy (non-hydrogen) atoms. The number of carbonyl (C=O) groups is 2. The third-order valence-electron chi connectivity index (χ3n) is 3.76. The molecule has 1 aromatic carbocycles. The van der Waals surface area contributed by atoms with Crippen molar-refractivity contribution in [3.63, 3.8) is 0 Å². The molecule has 0 spiro atoms. The number of benzene rings is 1. The summed E-state index contributed by atoms with van der Waals surface area (Å²) in [6, 6.07) is 11.1. The molecule has 6 heteroatoms. The molecule has 0 fully saturated rings. The zero-order valence-electron chi connectivity index (χ0n) is 13.0. The van der Waals surface area contributed by atoms with Crippen LogP contribution in [0.25, 0.3) is 0 Å². The molecular formula is C18H17NO5. The molecule has 124 valence electrons. The fraction of sp³-hybridized carbons (Fsp3) is 0.278. The van der Waals surface area contributed by atoms with Gasteiger partial charge in [-0.25, -0.2) is 4.79 Å². The van der Waals surface area contributed by atoms with Gasteiger partial charge in [-0.15, -0.1) is 0 Å². The zero-order chi connectivity index (χ0) is 16.9. The Balaban J connectivity index is 1.60. The van der Waals surface area contributed by atoms with Gasteiger partial charge in [-0.2, -0.15) is 0 Å². The number of nitrogens with one attached hydrogen (secondary N) is 1. The minimum atomic E-state index is -0.545. The van der Waals surface area contributed by atoms with Crippen LogP contribution >= 0.6 is 0 Å². The first-order valence-electron chi connectivity index (χ1n) is 7.75. The van der Waals surface area contributed by atoms with Gasteiger partial charge in [-0.05, 0) is 24.0 Å². The second-order valence-electron chi connectivity index (χ2n) is 5.58. The molecule has 0 atom stereocenters. The molecule has 2 aromatic rings. The first-order chi connectivity index (χ1) is 11.6. The van der Waals surface area contributed by atoms with Gasteiger partial charge in [0, 0.05) is 12.7 Å². The third-order valence-corrected chi connectivity index (χ3v) is 3.76. The lowest BCUT2D eigenvalue weighted by molar-refractivity contribution is -0.120. The second kappa shape index (κ2) is 7.23. The summed E-state index contributed by atoms with van der Waals surface area (Å²) in [5.74, 6) is -0.819. The topological polar surface area (TPSA) is 85.6 Å². The number of hydrogen-bond donors (Lipinski definition) is 1. The Morgan fingerprint density at radius 1 is 1.12 bits per heavy atom. The molecule has 0 bridgehead atoms. The summed E-state index contributed by atoms with van der Waals surface area (Å²) in [5, 5.41) is 2.25. The van der Waals surface area contributed by atoms with Crippen LogP contribution in [0.1, 0.15) is 33.7 Å². The normalized spacial score (nSPS) is 13.5. The highest BCUT2D eigenvalue weighted by Gasteiger charge is 2.27. The zero-order valence-corrected chi connectivity index (χ0v) is 13.0. The van der Waals surface area contributed by atoms with E-state index in [2.05, 4.69) is 5.32 Å². The smallest absolute Gasteiger partial charge is 0.336 e. The van der Waals surface area contributed by atoms with Crippen molar-refractivity contribution in [1.82, 2.24) is 5.32 Å². The average molecular weight is 327 g/mol. The van der Waals surface area contributed by atoms with E-state index < -0.39 is 17.4 Å². The Hall–Kier alpha value is -2.73. The van der Waals surface area contributed by atoms with Crippen LogP contribution in [0, 0.1) is 0 Å². The van der Waals surface area contributed by atoms with E-state index in [9.17, 15) is 14.4 Å². The summed E-state index contributed by atoms with van der Waals surface area (Å²) >= 11 is 0. The molecule has 0 aliphatic carbocycles. The van der Waals surface area contributed by atoms with E-state index in [1.54, 1.807) is 0 Å². The van der Waals surface area contributed by atoms with Crippen molar-refractivity contribution in [2.24, 2.45) is 0 Å². The Morgan fingerprint density at radius 2 is 1.92 bits per heavy atom. The lowest BCUT2D eigenvalue weighted by Gasteiger charge is -2.16. The summed E-state index contributed by atoms with van der Waals surface area (Å²) in [5.41, 5.74) is 1.44. The molecule has 0 radical (unpaired) electrons. The van der Waals surface area contributed by atoms with Crippen molar-refractivity contribution >= 4 is 11.8 Å². The number of carbonyl (C=O) groups excluding carboxylic acids is 2. The van der Waals surface area contributed by atoms with Crippen LogP contribution in [0.5, 0.6) is 0 Å². The second-order valence-corrected chi connectivity index (χ2v) is 5.58. The van der Waals surface area contributed by atoms with Gasteiger partial charge in [-0.3, -0.25) is 14.9 Å². The first-order valence-corrected chi connectivity index (χ1v) is 7.75. The summed E-state index contributed by atoms with van der Waals surface area (Å²) in [6.45, 7) is 1.02. The van der Waals surface area contributed by atoms with Gasteiger partial charge >= 0.3 is 5.63 Å². The van der Waals surface area contributed by atoms with Gasteiger partial charge in [0.1, 0.15) is 5.76 Å². The van der Waals surface area contributed by atoms with Gasteiger partial charge in [0.2, 0.25) is 5.91 Å². The van der Waals surface area contributed by atoms with Crippen molar-refractivity contribution in [2.75, 3.05) is 6.61 Å². The minimum Gasteiger partial charge on any atom is -0.426 e. The van der Waals surface area contributed by atoms with E-state index in [4.69, 9.17) is 9.15 Å². The number of ether oxygens (including phenoxy) is 1. The van der Waals surface area contributed by atoms with E-state index in [0.717, 1.165) is 5.56 Å². The van der Waals surface area contributed by atoms with E-state index >= 15 is 0 Å². The van der Waals surface area contributed by atoms with E-state index in [1.165, 1.54) is 6.07 Å². The molecule has 6 nitrogen and oxygen atoms in total. The number of amides is 2. The van der Waals surface area contributed by atoms with Crippen LogP contribution in [0.2, 0.25) is 0 Å². The number of aryl methyl sites for hydroxylation is 1. The van der Waals surface area contributed by atoms with Gasteiger partial charge in [0.15, 0.2) is 0 Å². The predicted molar refractivity (Wildman–Crippen MR) is 85.6 cm³/mol. The maximum atomic E-state index is 12.0. The molecule has 0 unspecified atom stereocenters. The standard InChI is InChI=1S/C18H17NO5/c20-15-10-14-17(18(22)19-15)13(9-16(21)24-14)7-4-8-23-11-12-5-2-1-3-6-12/h1-3,5-6,9H,4,7-8,10-11H2,(H,19,20,22). The maximum absolute atomic E-state index is 12.0. The number of imide groups is 1. The Labute approximate surface area is 138 Å². The summed E-state index contributed by atoms with van der Waals surface area (Å²) in [7, 11) is 0. The summed E-state index contributed by atoms with van der Waals surface area (Å²) in [4.78, 5) is 35.0. The predicted octanol–water partition coefficient (Wildman–Crippen LogP) is 1.60. The van der Waals surface area contributed by atoms with Gasteiger partial charge < -0.3 is 9.15 Å². The molecule has 1 aliphatic rings. The summed E-state index contributed by atoms with van der Waals surface area (Å²) < 4.78 is 10.6. The molecule has 1 aromatic heterocycles. The van der Waals surface area contributed by atoms with Gasteiger partial charge in [-0.1, -0.05) is 30.3 Å². The van der Waals surface area contributed by atoms with Gasteiger partial charge in [0.05, 0.1) is 18.6 Å². The lowest BCUT2D eigenvalue weighted by atomic mass is 9.98. The maximum Gasteiger partial charge on any atom is 0.336 e. The molecule has 0 saturated heterocycles. The minimum absolute atomic E-state index is 0.0886.